The van der Waals surface area contributed by atoms with Crippen LogP contribution in [-0.4, -0.2) is 41.9 Å². The van der Waals surface area contributed by atoms with Crippen LogP contribution in [0, 0.1) is 0 Å². The van der Waals surface area contributed by atoms with Gasteiger partial charge >= 0.3 is 6.18 Å². The lowest BCUT2D eigenvalue weighted by Gasteiger charge is -2.20. The average molecular weight is 197 g/mol. The SMILES string of the molecule is OC1CCCN(CC(F)(F)F)CC1. The molecule has 0 aromatic rings. The fourth-order valence-corrected chi connectivity index (χ4v) is 1.55. The summed E-state index contributed by atoms with van der Waals surface area (Å²) in [6, 6.07) is 0. The molecular formula is C8H14F3NO. The summed E-state index contributed by atoms with van der Waals surface area (Å²) in [6.07, 6.45) is -2.81. The van der Waals surface area contributed by atoms with Gasteiger partial charge in [-0.3, -0.25) is 4.90 Å². The van der Waals surface area contributed by atoms with Crippen LogP contribution in [0.4, 0.5) is 13.2 Å². The van der Waals surface area contributed by atoms with E-state index in [9.17, 15) is 18.3 Å². The van der Waals surface area contributed by atoms with Gasteiger partial charge in [0.1, 0.15) is 0 Å². The fourth-order valence-electron chi connectivity index (χ4n) is 1.55. The van der Waals surface area contributed by atoms with Gasteiger partial charge < -0.3 is 5.11 Å². The number of hydrogen-bond acceptors (Lipinski definition) is 2. The molecule has 0 aromatic heterocycles. The van der Waals surface area contributed by atoms with Crippen molar-refractivity contribution >= 4 is 0 Å². The molecule has 2 nitrogen and oxygen atoms in total. The second kappa shape index (κ2) is 4.28. The van der Waals surface area contributed by atoms with Crippen LogP contribution in [0.5, 0.6) is 0 Å². The number of alkyl halides is 3. The predicted molar refractivity (Wildman–Crippen MR) is 42.4 cm³/mol. The van der Waals surface area contributed by atoms with E-state index in [1.807, 2.05) is 0 Å². The Hall–Kier alpha value is -0.290. The van der Waals surface area contributed by atoms with Gasteiger partial charge in [0.25, 0.3) is 0 Å². The van der Waals surface area contributed by atoms with Gasteiger partial charge in [0.15, 0.2) is 0 Å². The predicted octanol–water partition coefficient (Wildman–Crippen LogP) is 1.40. The van der Waals surface area contributed by atoms with Gasteiger partial charge in [0.2, 0.25) is 0 Å². The normalized spacial score (nSPS) is 27.2. The number of hydrogen-bond donors (Lipinski definition) is 1. The van der Waals surface area contributed by atoms with Crippen LogP contribution in [0.15, 0.2) is 0 Å². The summed E-state index contributed by atoms with van der Waals surface area (Å²) in [7, 11) is 0. The topological polar surface area (TPSA) is 23.5 Å². The molecule has 1 rings (SSSR count). The molecule has 0 spiro atoms. The van der Waals surface area contributed by atoms with E-state index in [0.29, 0.717) is 32.4 Å². The van der Waals surface area contributed by atoms with E-state index in [1.165, 1.54) is 4.90 Å². The molecule has 0 bridgehead atoms. The summed E-state index contributed by atoms with van der Waals surface area (Å²) in [6.45, 7) is -0.0586. The molecule has 1 fully saturated rings. The van der Waals surface area contributed by atoms with Crippen molar-refractivity contribution in [2.24, 2.45) is 0 Å². The maximum atomic E-state index is 12.0. The van der Waals surface area contributed by atoms with Crippen molar-refractivity contribution in [3.63, 3.8) is 0 Å². The zero-order chi connectivity index (χ0) is 9.90. The van der Waals surface area contributed by atoms with E-state index in [2.05, 4.69) is 0 Å². The first-order chi connectivity index (χ1) is 5.97. The standard InChI is InChI=1S/C8H14F3NO/c9-8(10,11)6-12-4-1-2-7(13)3-5-12/h7,13H,1-6H2. The van der Waals surface area contributed by atoms with Crippen LogP contribution in [-0.2, 0) is 0 Å². The molecule has 1 aliphatic rings. The first kappa shape index (κ1) is 10.8. The fraction of sp³-hybridized carbons (Fsp3) is 1.00. The molecule has 1 saturated heterocycles. The molecule has 78 valence electrons. The van der Waals surface area contributed by atoms with Gasteiger partial charge in [0, 0.05) is 6.54 Å². The highest BCUT2D eigenvalue weighted by Gasteiger charge is 2.31. The van der Waals surface area contributed by atoms with Crippen LogP contribution in [0.1, 0.15) is 19.3 Å². The van der Waals surface area contributed by atoms with Gasteiger partial charge in [-0.2, -0.15) is 13.2 Å². The summed E-state index contributed by atoms with van der Waals surface area (Å²) in [4.78, 5) is 1.36. The number of rotatable bonds is 1. The Balaban J connectivity index is 2.34. The minimum Gasteiger partial charge on any atom is -0.393 e. The van der Waals surface area contributed by atoms with Gasteiger partial charge in [-0.15, -0.1) is 0 Å². The zero-order valence-electron chi connectivity index (χ0n) is 7.35. The van der Waals surface area contributed by atoms with Crippen molar-refractivity contribution in [3.05, 3.63) is 0 Å². The third-order valence-corrected chi connectivity index (χ3v) is 2.19. The lowest BCUT2D eigenvalue weighted by Crippen LogP contribution is -2.35. The van der Waals surface area contributed by atoms with E-state index < -0.39 is 18.8 Å². The molecule has 0 amide bonds. The van der Waals surface area contributed by atoms with Crippen molar-refractivity contribution < 1.29 is 18.3 Å². The van der Waals surface area contributed by atoms with E-state index in [4.69, 9.17) is 0 Å². The van der Waals surface area contributed by atoms with E-state index in [0.717, 1.165) is 0 Å². The zero-order valence-corrected chi connectivity index (χ0v) is 7.35. The second-order valence-electron chi connectivity index (χ2n) is 3.48. The van der Waals surface area contributed by atoms with Gasteiger partial charge in [-0.25, -0.2) is 0 Å². The molecule has 0 aromatic carbocycles. The quantitative estimate of drug-likeness (QED) is 0.686. The molecule has 1 unspecified atom stereocenters. The maximum absolute atomic E-state index is 12.0. The van der Waals surface area contributed by atoms with Crippen LogP contribution in [0.2, 0.25) is 0 Å². The highest BCUT2D eigenvalue weighted by molar-refractivity contribution is 4.70. The highest BCUT2D eigenvalue weighted by Crippen LogP contribution is 2.19. The monoisotopic (exact) mass is 197 g/mol. The third-order valence-electron chi connectivity index (χ3n) is 2.19. The Kier molecular flexibility index (Phi) is 3.55. The Bertz CT molecular complexity index is 160. The van der Waals surface area contributed by atoms with Crippen LogP contribution < -0.4 is 0 Å². The maximum Gasteiger partial charge on any atom is 0.401 e. The van der Waals surface area contributed by atoms with Crippen molar-refractivity contribution in [1.82, 2.24) is 4.90 Å². The molecule has 1 aliphatic heterocycles. The first-order valence-electron chi connectivity index (χ1n) is 4.44. The molecular weight excluding hydrogens is 183 g/mol. The molecule has 0 aliphatic carbocycles. The highest BCUT2D eigenvalue weighted by atomic mass is 19.4. The lowest BCUT2D eigenvalue weighted by atomic mass is 10.2. The number of halogens is 3. The third kappa shape index (κ3) is 4.47. The van der Waals surface area contributed by atoms with E-state index >= 15 is 0 Å². The van der Waals surface area contributed by atoms with Crippen molar-refractivity contribution in [2.75, 3.05) is 19.6 Å². The van der Waals surface area contributed by atoms with Gasteiger partial charge in [-0.1, -0.05) is 0 Å². The van der Waals surface area contributed by atoms with Crippen molar-refractivity contribution in [2.45, 2.75) is 31.5 Å². The molecule has 5 heteroatoms. The van der Waals surface area contributed by atoms with Crippen molar-refractivity contribution in [3.8, 4) is 0 Å². The Morgan fingerprint density at radius 2 is 1.92 bits per heavy atom. The Labute approximate surface area is 75.3 Å². The lowest BCUT2D eigenvalue weighted by molar-refractivity contribution is -0.145. The Morgan fingerprint density at radius 1 is 1.23 bits per heavy atom. The van der Waals surface area contributed by atoms with E-state index in [-0.39, 0.29) is 0 Å². The number of nitrogens with zero attached hydrogens (tertiary/aromatic N) is 1. The second-order valence-corrected chi connectivity index (χ2v) is 3.48. The van der Waals surface area contributed by atoms with Gasteiger partial charge in [0.05, 0.1) is 12.6 Å². The average Bonchev–Trinajstić information content (AvgIpc) is 2.12. The van der Waals surface area contributed by atoms with Crippen LogP contribution in [0.3, 0.4) is 0 Å². The van der Waals surface area contributed by atoms with Crippen LogP contribution >= 0.6 is 0 Å². The summed E-state index contributed by atoms with van der Waals surface area (Å²) in [5.74, 6) is 0. The molecule has 0 saturated carbocycles. The summed E-state index contributed by atoms with van der Waals surface area (Å²) >= 11 is 0. The largest absolute Gasteiger partial charge is 0.401 e. The first-order valence-corrected chi connectivity index (χ1v) is 4.44. The number of likely N-dealkylation sites (tertiary alicyclic amines) is 1. The molecule has 1 atom stereocenters. The van der Waals surface area contributed by atoms with Gasteiger partial charge in [-0.05, 0) is 25.8 Å². The molecule has 13 heavy (non-hydrogen) atoms. The van der Waals surface area contributed by atoms with Crippen molar-refractivity contribution in [1.29, 1.82) is 0 Å². The van der Waals surface area contributed by atoms with Crippen LogP contribution in [0.25, 0.3) is 0 Å². The number of aliphatic hydroxyl groups is 1. The summed E-state index contributed by atoms with van der Waals surface area (Å²) < 4.78 is 35.9. The summed E-state index contributed by atoms with van der Waals surface area (Å²) in [5, 5.41) is 9.20. The molecule has 1 heterocycles. The number of aliphatic hydroxyl groups excluding tert-OH is 1. The molecule has 1 N–H and O–H groups in total. The minimum atomic E-state index is -4.12. The smallest absolute Gasteiger partial charge is 0.393 e. The minimum absolute atomic E-state index is 0.348. The molecule has 0 radical (unpaired) electrons. The Morgan fingerprint density at radius 3 is 2.54 bits per heavy atom. The van der Waals surface area contributed by atoms with E-state index in [1.54, 1.807) is 0 Å². The summed E-state index contributed by atoms with van der Waals surface area (Å²) in [5.41, 5.74) is 0.